The Bertz CT molecular complexity index is 1490. The van der Waals surface area contributed by atoms with Crippen molar-refractivity contribution < 1.29 is 28.8 Å². The number of hydrogen-bond acceptors (Lipinski definition) is 6. The van der Waals surface area contributed by atoms with Crippen LogP contribution in [-0.4, -0.2) is 66.2 Å². The Kier molecular flexibility index (Phi) is 13.4. The summed E-state index contributed by atoms with van der Waals surface area (Å²) in [6, 6.07) is 23.0. The molecule has 3 aromatic carbocycles. The first-order valence-corrected chi connectivity index (χ1v) is 14.9. The van der Waals surface area contributed by atoms with Crippen molar-refractivity contribution in [3.63, 3.8) is 0 Å². The van der Waals surface area contributed by atoms with Crippen LogP contribution < -0.4 is 32.3 Å². The summed E-state index contributed by atoms with van der Waals surface area (Å²) >= 11 is 0. The molecule has 3 unspecified atom stereocenters. The average Bonchev–Trinajstić information content (AvgIpc) is 3.03. The van der Waals surface area contributed by atoms with Crippen molar-refractivity contribution in [2.24, 2.45) is 5.73 Å². The van der Waals surface area contributed by atoms with E-state index in [2.05, 4.69) is 26.6 Å². The molecule has 0 radical (unpaired) electrons. The third-order valence-electron chi connectivity index (χ3n) is 7.03. The van der Waals surface area contributed by atoms with Gasteiger partial charge in [0, 0.05) is 26.2 Å². The molecule has 4 atom stereocenters. The summed E-state index contributed by atoms with van der Waals surface area (Å²) in [5.41, 5.74) is 7.88. The number of primary amides is 1. The van der Waals surface area contributed by atoms with Crippen LogP contribution >= 0.6 is 0 Å². The summed E-state index contributed by atoms with van der Waals surface area (Å²) in [5.74, 6) is -3.63. The van der Waals surface area contributed by atoms with Crippen LogP contribution in [0, 0.1) is 0 Å². The predicted molar refractivity (Wildman–Crippen MR) is 172 cm³/mol. The van der Waals surface area contributed by atoms with Gasteiger partial charge in [0.25, 0.3) is 0 Å². The highest BCUT2D eigenvalue weighted by molar-refractivity contribution is 5.95. The first-order valence-electron chi connectivity index (χ1n) is 14.9. The number of carbonyl (C=O) groups excluding carboxylic acids is 6. The van der Waals surface area contributed by atoms with E-state index in [4.69, 9.17) is 5.73 Å². The zero-order valence-corrected chi connectivity index (χ0v) is 25.8. The van der Waals surface area contributed by atoms with E-state index < -0.39 is 66.2 Å². The van der Waals surface area contributed by atoms with Crippen LogP contribution in [0.4, 0.5) is 0 Å². The third-order valence-corrected chi connectivity index (χ3v) is 7.03. The zero-order valence-electron chi connectivity index (χ0n) is 25.8. The molecule has 0 aromatic heterocycles. The van der Waals surface area contributed by atoms with Gasteiger partial charge in [0.1, 0.15) is 24.2 Å². The second-order valence-corrected chi connectivity index (χ2v) is 10.9. The Morgan fingerprint density at radius 3 is 1.43 bits per heavy atom. The van der Waals surface area contributed by atoms with Crippen LogP contribution in [0.15, 0.2) is 91.0 Å². The molecule has 12 nitrogen and oxygen atoms in total. The summed E-state index contributed by atoms with van der Waals surface area (Å²) < 4.78 is 0. The Morgan fingerprint density at radius 2 is 1.00 bits per heavy atom. The van der Waals surface area contributed by atoms with Gasteiger partial charge in [-0.3, -0.25) is 28.8 Å². The topological polar surface area (TPSA) is 189 Å². The van der Waals surface area contributed by atoms with Crippen molar-refractivity contribution in [3.8, 4) is 0 Å². The molecular weight excluding hydrogens is 588 g/mol. The number of amides is 6. The fourth-order valence-electron chi connectivity index (χ4n) is 4.65. The molecule has 7 N–H and O–H groups in total. The smallest absolute Gasteiger partial charge is 0.243 e. The second kappa shape index (κ2) is 17.7. The molecular formula is C34H40N6O6. The normalized spacial score (nSPS) is 13.2. The molecule has 0 saturated carbocycles. The average molecular weight is 629 g/mol. The summed E-state index contributed by atoms with van der Waals surface area (Å²) in [5, 5.41) is 12.9. The van der Waals surface area contributed by atoms with Gasteiger partial charge in [-0.1, -0.05) is 91.0 Å². The van der Waals surface area contributed by atoms with Gasteiger partial charge in [0.15, 0.2) is 0 Å². The fraction of sp³-hybridized carbons (Fsp3) is 0.294. The lowest BCUT2D eigenvalue weighted by molar-refractivity contribution is -0.133. The highest BCUT2D eigenvalue weighted by Crippen LogP contribution is 2.07. The Labute approximate surface area is 267 Å². The number of rotatable bonds is 16. The molecule has 6 amide bonds. The van der Waals surface area contributed by atoms with Gasteiger partial charge < -0.3 is 32.3 Å². The summed E-state index contributed by atoms with van der Waals surface area (Å²) in [4.78, 5) is 75.9. The molecule has 0 aliphatic carbocycles. The molecule has 0 saturated heterocycles. The number of nitrogens with two attached hydrogens (primary N) is 1. The van der Waals surface area contributed by atoms with Crippen LogP contribution in [-0.2, 0) is 48.0 Å². The van der Waals surface area contributed by atoms with Gasteiger partial charge in [0.2, 0.25) is 35.4 Å². The van der Waals surface area contributed by atoms with Gasteiger partial charge in [-0.2, -0.15) is 0 Å². The number of nitrogens with one attached hydrogen (secondary N) is 5. The summed E-state index contributed by atoms with van der Waals surface area (Å²) in [6.45, 7) is 2.28. The van der Waals surface area contributed by atoms with Crippen LogP contribution in [0.3, 0.4) is 0 Å². The van der Waals surface area contributed by atoms with E-state index >= 15 is 0 Å². The SMILES string of the molecule is CC(=O)NC(Cc1ccccc1)C(=O)NCC(=O)NC(Cc1ccccc1)C(=O)N[C@@H](C)C(=O)NC(Cc1ccccc1)C(N)=O. The Hall–Kier alpha value is -5.52. The van der Waals surface area contributed by atoms with Gasteiger partial charge in [-0.05, 0) is 23.6 Å². The van der Waals surface area contributed by atoms with Crippen molar-refractivity contribution >= 4 is 35.4 Å². The Balaban J connectivity index is 1.63. The minimum absolute atomic E-state index is 0.0984. The molecule has 0 aliphatic heterocycles. The number of hydrogen-bond donors (Lipinski definition) is 6. The first-order chi connectivity index (χ1) is 22.0. The third kappa shape index (κ3) is 11.9. The lowest BCUT2D eigenvalue weighted by atomic mass is 10.0. The van der Waals surface area contributed by atoms with Gasteiger partial charge in [-0.25, -0.2) is 0 Å². The molecule has 46 heavy (non-hydrogen) atoms. The van der Waals surface area contributed by atoms with Crippen LogP contribution in [0.2, 0.25) is 0 Å². The maximum Gasteiger partial charge on any atom is 0.243 e. The van der Waals surface area contributed by atoms with E-state index in [1.807, 2.05) is 42.5 Å². The van der Waals surface area contributed by atoms with E-state index in [0.29, 0.717) is 0 Å². The van der Waals surface area contributed by atoms with E-state index in [9.17, 15) is 28.8 Å². The highest BCUT2D eigenvalue weighted by atomic mass is 16.2. The maximum absolute atomic E-state index is 13.3. The van der Waals surface area contributed by atoms with Gasteiger partial charge in [-0.15, -0.1) is 0 Å². The number of carbonyl (C=O) groups is 6. The Morgan fingerprint density at radius 1 is 0.565 bits per heavy atom. The van der Waals surface area contributed by atoms with Crippen LogP contribution in [0.5, 0.6) is 0 Å². The molecule has 12 heteroatoms. The molecule has 0 spiro atoms. The zero-order chi connectivity index (χ0) is 33.5. The maximum atomic E-state index is 13.3. The molecule has 3 rings (SSSR count). The minimum Gasteiger partial charge on any atom is -0.368 e. The van der Waals surface area contributed by atoms with Crippen molar-refractivity contribution in [3.05, 3.63) is 108 Å². The quantitative estimate of drug-likeness (QED) is 0.132. The van der Waals surface area contributed by atoms with Crippen molar-refractivity contribution in [1.29, 1.82) is 0 Å². The van der Waals surface area contributed by atoms with Crippen molar-refractivity contribution in [2.45, 2.75) is 57.3 Å². The molecule has 242 valence electrons. The van der Waals surface area contributed by atoms with Gasteiger partial charge >= 0.3 is 0 Å². The van der Waals surface area contributed by atoms with Crippen molar-refractivity contribution in [1.82, 2.24) is 26.6 Å². The van der Waals surface area contributed by atoms with E-state index in [-0.39, 0.29) is 19.3 Å². The summed E-state index contributed by atoms with van der Waals surface area (Å²) in [6.07, 6.45) is 0.491. The van der Waals surface area contributed by atoms with E-state index in [0.717, 1.165) is 16.7 Å². The molecule has 0 heterocycles. The largest absolute Gasteiger partial charge is 0.368 e. The lowest BCUT2D eigenvalue weighted by Gasteiger charge is -2.23. The number of benzene rings is 3. The predicted octanol–water partition coefficient (Wildman–Crippen LogP) is 0.295. The molecule has 0 aliphatic rings. The molecule has 3 aromatic rings. The van der Waals surface area contributed by atoms with Crippen LogP contribution in [0.1, 0.15) is 30.5 Å². The lowest BCUT2D eigenvalue weighted by Crippen LogP contribution is -2.57. The highest BCUT2D eigenvalue weighted by Gasteiger charge is 2.28. The van der Waals surface area contributed by atoms with Crippen LogP contribution in [0.25, 0.3) is 0 Å². The van der Waals surface area contributed by atoms with E-state index in [1.54, 1.807) is 48.5 Å². The second-order valence-electron chi connectivity index (χ2n) is 10.9. The summed E-state index contributed by atoms with van der Waals surface area (Å²) in [7, 11) is 0. The standard InChI is InChI=1S/C34H40N6O6/c1-22(32(44)40-27(31(35)43)18-24-12-6-3-7-13-24)37-34(46)29(20-26-16-10-5-11-17-26)39-30(42)21-36-33(45)28(38-23(2)41)19-25-14-8-4-9-15-25/h3-17,22,27-29H,18-21H2,1-2H3,(H2,35,43)(H,36,45)(H,37,46)(H,38,41)(H,39,42)(H,40,44)/t22-,27?,28?,29?/m0/s1. The molecule has 0 fully saturated rings. The first kappa shape index (κ1) is 35.0. The fourth-order valence-corrected chi connectivity index (χ4v) is 4.65. The molecule has 0 bridgehead atoms. The monoisotopic (exact) mass is 628 g/mol. The van der Waals surface area contributed by atoms with Gasteiger partial charge in [0.05, 0.1) is 6.54 Å². The van der Waals surface area contributed by atoms with Crippen molar-refractivity contribution in [2.75, 3.05) is 6.54 Å². The van der Waals surface area contributed by atoms with E-state index in [1.165, 1.54) is 13.8 Å². The minimum atomic E-state index is -1.10.